The van der Waals surface area contributed by atoms with Crippen molar-refractivity contribution in [2.45, 2.75) is 11.4 Å². The quantitative estimate of drug-likeness (QED) is 0.798. The number of halogens is 1. The third-order valence-electron chi connectivity index (χ3n) is 3.29. The predicted molar refractivity (Wildman–Crippen MR) is 97.0 cm³/mol. The lowest BCUT2D eigenvalue weighted by atomic mass is 10.1. The summed E-state index contributed by atoms with van der Waals surface area (Å²) in [5, 5.41) is 4.39. The summed E-state index contributed by atoms with van der Waals surface area (Å²) in [6, 6.07) is 11.0. The summed E-state index contributed by atoms with van der Waals surface area (Å²) in [5.74, 6) is 1.11. The highest BCUT2D eigenvalue weighted by molar-refractivity contribution is 7.99. The summed E-state index contributed by atoms with van der Waals surface area (Å²) in [7, 11) is 0. The molecule has 124 valence electrons. The van der Waals surface area contributed by atoms with Gasteiger partial charge in [-0.25, -0.2) is 9.98 Å². The number of pyridine rings is 1. The van der Waals surface area contributed by atoms with E-state index < -0.39 is 0 Å². The summed E-state index contributed by atoms with van der Waals surface area (Å²) < 4.78 is 5.48. The van der Waals surface area contributed by atoms with E-state index in [1.54, 1.807) is 36.2 Å². The van der Waals surface area contributed by atoms with Crippen LogP contribution in [0.1, 0.15) is 12.0 Å². The van der Waals surface area contributed by atoms with Crippen molar-refractivity contribution in [3.63, 3.8) is 0 Å². The minimum Gasteiger partial charge on any atom is -0.475 e. The number of anilines is 1. The summed E-state index contributed by atoms with van der Waals surface area (Å²) in [6.07, 6.45) is 2.13. The second-order valence-corrected chi connectivity index (χ2v) is 6.59. The Kier molecular flexibility index (Phi) is 5.72. The molecule has 1 aliphatic heterocycles. The molecule has 1 aromatic heterocycles. The first kappa shape index (κ1) is 16.8. The number of nitrogens with zero attached hydrogens (tertiary/aromatic N) is 2. The minimum absolute atomic E-state index is 0.0689. The van der Waals surface area contributed by atoms with Gasteiger partial charge in [0.05, 0.1) is 22.8 Å². The van der Waals surface area contributed by atoms with Gasteiger partial charge >= 0.3 is 0 Å². The van der Waals surface area contributed by atoms with Crippen LogP contribution >= 0.6 is 23.4 Å². The fraction of sp³-hybridized carbons (Fsp3) is 0.235. The second kappa shape index (κ2) is 8.17. The molecule has 0 fully saturated rings. The van der Waals surface area contributed by atoms with Gasteiger partial charge in [0.1, 0.15) is 6.61 Å². The zero-order chi connectivity index (χ0) is 16.8. The summed E-state index contributed by atoms with van der Waals surface area (Å²) in [4.78, 5) is 20.7. The highest BCUT2D eigenvalue weighted by Gasteiger charge is 2.16. The van der Waals surface area contributed by atoms with E-state index in [-0.39, 0.29) is 5.91 Å². The van der Waals surface area contributed by atoms with Crippen molar-refractivity contribution in [3.8, 4) is 0 Å². The lowest BCUT2D eigenvalue weighted by Crippen LogP contribution is -2.15. The largest absolute Gasteiger partial charge is 0.475 e. The molecule has 0 atom stereocenters. The van der Waals surface area contributed by atoms with E-state index in [1.807, 2.05) is 18.2 Å². The Morgan fingerprint density at radius 2 is 2.25 bits per heavy atom. The monoisotopic (exact) mass is 361 g/mol. The number of nitrogens with one attached hydrogen (secondary N) is 1. The number of hydrogen-bond acceptors (Lipinski definition) is 5. The van der Waals surface area contributed by atoms with E-state index in [4.69, 9.17) is 16.3 Å². The molecule has 0 unspecified atom stereocenters. The van der Waals surface area contributed by atoms with Crippen molar-refractivity contribution < 1.29 is 9.53 Å². The average Bonchev–Trinajstić information content (AvgIpc) is 3.12. The van der Waals surface area contributed by atoms with Gasteiger partial charge < -0.3 is 10.1 Å². The molecule has 2 aromatic rings. The molecule has 24 heavy (non-hydrogen) atoms. The molecule has 5 nitrogen and oxygen atoms in total. The molecule has 1 amide bonds. The number of carbonyl (C=O) groups is 1. The lowest BCUT2D eigenvalue weighted by Gasteiger charge is -2.11. The van der Waals surface area contributed by atoms with Gasteiger partial charge in [-0.1, -0.05) is 17.7 Å². The van der Waals surface area contributed by atoms with Crippen molar-refractivity contribution in [1.82, 2.24) is 4.98 Å². The zero-order valence-corrected chi connectivity index (χ0v) is 14.4. The van der Waals surface area contributed by atoms with E-state index in [0.717, 1.165) is 5.03 Å². The van der Waals surface area contributed by atoms with E-state index >= 15 is 0 Å². The number of benzene rings is 1. The summed E-state index contributed by atoms with van der Waals surface area (Å²) in [6.45, 7) is 1.17. The van der Waals surface area contributed by atoms with Gasteiger partial charge in [-0.15, -0.1) is 11.8 Å². The molecule has 0 bridgehead atoms. The Morgan fingerprint density at radius 3 is 3.00 bits per heavy atom. The molecule has 0 saturated carbocycles. The number of aromatic nitrogens is 1. The van der Waals surface area contributed by atoms with E-state index in [9.17, 15) is 4.79 Å². The second-order valence-electron chi connectivity index (χ2n) is 5.04. The van der Waals surface area contributed by atoms with Crippen molar-refractivity contribution in [2.24, 2.45) is 4.99 Å². The maximum Gasteiger partial charge on any atom is 0.225 e. The predicted octanol–water partition coefficient (Wildman–Crippen LogP) is 3.63. The molecule has 7 heteroatoms. The van der Waals surface area contributed by atoms with E-state index in [2.05, 4.69) is 15.3 Å². The molecule has 0 aliphatic carbocycles. The van der Waals surface area contributed by atoms with Crippen LogP contribution in [0.2, 0.25) is 5.02 Å². The van der Waals surface area contributed by atoms with Crippen LogP contribution in [0.15, 0.2) is 52.6 Å². The van der Waals surface area contributed by atoms with Crippen LogP contribution in [-0.2, 0) is 9.53 Å². The van der Waals surface area contributed by atoms with Gasteiger partial charge in [0.15, 0.2) is 0 Å². The number of aliphatic imine (C=N–C) groups is 1. The van der Waals surface area contributed by atoms with Crippen LogP contribution in [0.4, 0.5) is 5.69 Å². The Morgan fingerprint density at radius 1 is 1.33 bits per heavy atom. The smallest absolute Gasteiger partial charge is 0.225 e. The fourth-order valence-electron chi connectivity index (χ4n) is 2.19. The van der Waals surface area contributed by atoms with Crippen molar-refractivity contribution >= 4 is 40.9 Å². The van der Waals surface area contributed by atoms with Crippen molar-refractivity contribution in [3.05, 3.63) is 53.2 Å². The summed E-state index contributed by atoms with van der Waals surface area (Å²) in [5.41, 5.74) is 1.37. The van der Waals surface area contributed by atoms with Gasteiger partial charge in [0, 0.05) is 23.4 Å². The van der Waals surface area contributed by atoms with Gasteiger partial charge in [-0.3, -0.25) is 4.79 Å². The maximum absolute atomic E-state index is 12.2. The standard InChI is InChI=1S/C17H16ClN3O2S/c18-12-4-5-14(13(11-12)17-20-8-9-23-17)21-15(22)6-10-24-16-3-1-2-7-19-16/h1-5,7,11H,6,8-10H2,(H,21,22). The Labute approximate surface area is 149 Å². The zero-order valence-electron chi connectivity index (χ0n) is 12.9. The van der Waals surface area contributed by atoms with Gasteiger partial charge in [-0.05, 0) is 30.3 Å². The van der Waals surface area contributed by atoms with Crippen LogP contribution in [0, 0.1) is 0 Å². The Bertz CT molecular complexity index is 753. The van der Waals surface area contributed by atoms with Crippen LogP contribution < -0.4 is 5.32 Å². The topological polar surface area (TPSA) is 63.6 Å². The van der Waals surface area contributed by atoms with Gasteiger partial charge in [-0.2, -0.15) is 0 Å². The molecule has 0 spiro atoms. The van der Waals surface area contributed by atoms with Crippen molar-refractivity contribution in [1.29, 1.82) is 0 Å². The molecule has 1 aliphatic rings. The molecular formula is C17H16ClN3O2S. The van der Waals surface area contributed by atoms with Crippen LogP contribution in [-0.4, -0.2) is 35.7 Å². The molecule has 1 N–H and O–H groups in total. The highest BCUT2D eigenvalue weighted by atomic mass is 35.5. The maximum atomic E-state index is 12.2. The molecular weight excluding hydrogens is 346 g/mol. The third kappa shape index (κ3) is 4.49. The Hall–Kier alpha value is -2.05. The minimum atomic E-state index is -0.0689. The normalized spacial score (nSPS) is 13.3. The summed E-state index contributed by atoms with van der Waals surface area (Å²) >= 11 is 7.60. The number of carbonyl (C=O) groups excluding carboxylic acids is 1. The number of hydrogen-bond donors (Lipinski definition) is 1. The fourth-order valence-corrected chi connectivity index (χ4v) is 3.17. The Balaban J connectivity index is 1.60. The first-order valence-electron chi connectivity index (χ1n) is 7.53. The number of thioether (sulfide) groups is 1. The number of amides is 1. The first-order chi connectivity index (χ1) is 11.7. The SMILES string of the molecule is O=C(CCSc1ccccn1)Nc1ccc(Cl)cc1C1=NCCO1. The molecule has 2 heterocycles. The number of ether oxygens (including phenoxy) is 1. The van der Waals surface area contributed by atoms with Crippen LogP contribution in [0.25, 0.3) is 0 Å². The molecule has 0 saturated heterocycles. The molecule has 0 radical (unpaired) electrons. The van der Waals surface area contributed by atoms with E-state index in [1.165, 1.54) is 0 Å². The molecule has 3 rings (SSSR count). The van der Waals surface area contributed by atoms with Crippen LogP contribution in [0.5, 0.6) is 0 Å². The van der Waals surface area contributed by atoms with Crippen LogP contribution in [0.3, 0.4) is 0 Å². The van der Waals surface area contributed by atoms with Gasteiger partial charge in [0.25, 0.3) is 0 Å². The average molecular weight is 362 g/mol. The lowest BCUT2D eigenvalue weighted by molar-refractivity contribution is -0.115. The van der Waals surface area contributed by atoms with E-state index in [0.29, 0.717) is 47.5 Å². The first-order valence-corrected chi connectivity index (χ1v) is 8.89. The number of rotatable bonds is 6. The highest BCUT2D eigenvalue weighted by Crippen LogP contribution is 2.24. The molecule has 1 aromatic carbocycles. The van der Waals surface area contributed by atoms with Crippen molar-refractivity contribution in [2.75, 3.05) is 24.2 Å². The third-order valence-corrected chi connectivity index (χ3v) is 4.47. The van der Waals surface area contributed by atoms with Gasteiger partial charge in [0.2, 0.25) is 11.8 Å².